The summed E-state index contributed by atoms with van der Waals surface area (Å²) < 4.78 is 6.49. The minimum absolute atomic E-state index is 0.170. The number of rotatable bonds is 7. The topological polar surface area (TPSA) is 100 Å². The summed E-state index contributed by atoms with van der Waals surface area (Å²) in [6.45, 7) is 8.06. The van der Waals surface area contributed by atoms with Crippen LogP contribution in [0.25, 0.3) is 17.0 Å². The van der Waals surface area contributed by atoms with Gasteiger partial charge in [-0.25, -0.2) is 15.0 Å². The molecule has 0 spiro atoms. The van der Waals surface area contributed by atoms with E-state index >= 15 is 0 Å². The Morgan fingerprint density at radius 3 is 2.71 bits per heavy atom. The molecule has 2 aromatic heterocycles. The lowest BCUT2D eigenvalue weighted by atomic mass is 9.97. The molecular formula is C26H27N7OS. The Labute approximate surface area is 208 Å². The van der Waals surface area contributed by atoms with Gasteiger partial charge in [-0.1, -0.05) is 12.7 Å². The molecule has 1 saturated heterocycles. The van der Waals surface area contributed by atoms with Crippen molar-refractivity contribution < 1.29 is 4.74 Å². The van der Waals surface area contributed by atoms with Crippen molar-refractivity contribution in [1.29, 1.82) is 0 Å². The van der Waals surface area contributed by atoms with E-state index in [2.05, 4.69) is 43.5 Å². The zero-order chi connectivity index (χ0) is 24.0. The lowest BCUT2D eigenvalue weighted by Gasteiger charge is -2.27. The number of piperidine rings is 1. The number of nitrogens with zero attached hydrogens (tertiary/aromatic N) is 4. The standard InChI is InChI=1S/C26H27N7OS/c1-3-18-14-22(26-28-12-13-35-26)24(34-21-8-10-27-11-9-21)15-23(18)32-17(2)31-20-6-4-19(5-7-20)25-29-16-30-33-25/h3-7,12-16,21,27,31H,2,8-11H2,1H3,(H,29,30,33)/b18-3-,32-23-. The number of ether oxygens (including phenoxy) is 1. The van der Waals surface area contributed by atoms with Crippen LogP contribution in [0.5, 0.6) is 0 Å². The van der Waals surface area contributed by atoms with E-state index in [-0.39, 0.29) is 6.10 Å². The number of allylic oxidation sites excluding steroid dienone is 5. The second kappa shape index (κ2) is 10.6. The molecule has 2 aliphatic rings. The van der Waals surface area contributed by atoms with Crippen LogP contribution in [0.2, 0.25) is 0 Å². The first-order valence-electron chi connectivity index (χ1n) is 11.6. The average Bonchev–Trinajstić information content (AvgIpc) is 3.60. The highest BCUT2D eigenvalue weighted by Gasteiger charge is 2.24. The van der Waals surface area contributed by atoms with Crippen molar-refractivity contribution in [3.05, 3.63) is 89.1 Å². The molecule has 0 amide bonds. The van der Waals surface area contributed by atoms with Crippen LogP contribution >= 0.6 is 11.3 Å². The molecule has 3 aromatic rings. The van der Waals surface area contributed by atoms with Crippen molar-refractivity contribution in [1.82, 2.24) is 25.5 Å². The number of thiazole rings is 1. The van der Waals surface area contributed by atoms with E-state index < -0.39 is 0 Å². The van der Waals surface area contributed by atoms with Gasteiger partial charge < -0.3 is 15.4 Å². The van der Waals surface area contributed by atoms with Crippen LogP contribution in [-0.4, -0.2) is 45.1 Å². The van der Waals surface area contributed by atoms with Crippen LogP contribution in [0.1, 0.15) is 24.8 Å². The smallest absolute Gasteiger partial charge is 0.155 e. The Hall–Kier alpha value is -3.82. The van der Waals surface area contributed by atoms with Crippen LogP contribution in [-0.2, 0) is 4.74 Å². The number of aliphatic imine (C=N–C) groups is 1. The van der Waals surface area contributed by atoms with Gasteiger partial charge in [0.25, 0.3) is 0 Å². The van der Waals surface area contributed by atoms with Gasteiger partial charge in [0.15, 0.2) is 5.82 Å². The fourth-order valence-corrected chi connectivity index (χ4v) is 4.68. The van der Waals surface area contributed by atoms with Crippen LogP contribution in [0, 0.1) is 0 Å². The highest BCUT2D eigenvalue weighted by molar-refractivity contribution is 7.10. The first-order chi connectivity index (χ1) is 17.2. The number of hydrogen-bond acceptors (Lipinski definition) is 8. The first-order valence-corrected chi connectivity index (χ1v) is 12.5. The average molecular weight is 486 g/mol. The summed E-state index contributed by atoms with van der Waals surface area (Å²) in [6, 6.07) is 7.86. The molecule has 0 saturated carbocycles. The van der Waals surface area contributed by atoms with Crippen molar-refractivity contribution in [3.8, 4) is 11.4 Å². The van der Waals surface area contributed by atoms with Crippen molar-refractivity contribution in [3.63, 3.8) is 0 Å². The van der Waals surface area contributed by atoms with Gasteiger partial charge in [-0.15, -0.1) is 11.3 Å². The molecule has 1 fully saturated rings. The molecule has 9 heteroatoms. The van der Waals surface area contributed by atoms with Crippen LogP contribution in [0.4, 0.5) is 5.69 Å². The molecule has 0 unspecified atom stereocenters. The molecule has 0 atom stereocenters. The number of benzene rings is 1. The fourth-order valence-electron chi connectivity index (χ4n) is 4.02. The Bertz CT molecular complexity index is 1280. The first kappa shape index (κ1) is 22.9. The molecule has 5 rings (SSSR count). The van der Waals surface area contributed by atoms with Crippen molar-refractivity contribution in [2.45, 2.75) is 25.9 Å². The normalized spacial score (nSPS) is 18.9. The Morgan fingerprint density at radius 2 is 2.03 bits per heavy atom. The van der Waals surface area contributed by atoms with Crippen molar-refractivity contribution in [2.24, 2.45) is 4.99 Å². The quantitative estimate of drug-likeness (QED) is 0.438. The summed E-state index contributed by atoms with van der Waals surface area (Å²) in [7, 11) is 0. The van der Waals surface area contributed by atoms with E-state index in [0.29, 0.717) is 5.82 Å². The molecule has 1 aliphatic heterocycles. The lowest BCUT2D eigenvalue weighted by Crippen LogP contribution is -2.32. The van der Waals surface area contributed by atoms with E-state index in [1.807, 2.05) is 54.9 Å². The van der Waals surface area contributed by atoms with Gasteiger partial charge in [-0.3, -0.25) is 5.10 Å². The maximum absolute atomic E-state index is 6.49. The summed E-state index contributed by atoms with van der Waals surface area (Å²) in [5.41, 5.74) is 4.63. The molecule has 35 heavy (non-hydrogen) atoms. The zero-order valence-electron chi connectivity index (χ0n) is 19.5. The van der Waals surface area contributed by atoms with Gasteiger partial charge in [-0.05, 0) is 68.8 Å². The summed E-state index contributed by atoms with van der Waals surface area (Å²) in [5.74, 6) is 2.07. The molecule has 1 aliphatic carbocycles. The predicted molar refractivity (Wildman–Crippen MR) is 141 cm³/mol. The van der Waals surface area contributed by atoms with Gasteiger partial charge in [0, 0.05) is 28.9 Å². The van der Waals surface area contributed by atoms with Crippen molar-refractivity contribution in [2.75, 3.05) is 18.4 Å². The molecule has 3 heterocycles. The Kier molecular flexibility index (Phi) is 6.97. The van der Waals surface area contributed by atoms with E-state index in [1.165, 1.54) is 6.33 Å². The molecule has 0 radical (unpaired) electrons. The lowest BCUT2D eigenvalue weighted by molar-refractivity contribution is 0.0983. The summed E-state index contributed by atoms with van der Waals surface area (Å²) >= 11 is 1.60. The van der Waals surface area contributed by atoms with Crippen LogP contribution in [0.3, 0.4) is 0 Å². The molecular weight excluding hydrogens is 458 g/mol. The number of anilines is 1. The summed E-state index contributed by atoms with van der Waals surface area (Å²) in [5, 5.41) is 16.4. The molecule has 178 valence electrons. The minimum atomic E-state index is 0.170. The van der Waals surface area contributed by atoms with E-state index in [4.69, 9.17) is 9.73 Å². The number of aromatic nitrogens is 4. The molecule has 1 aromatic carbocycles. The zero-order valence-corrected chi connectivity index (χ0v) is 20.3. The maximum atomic E-state index is 6.49. The fraction of sp³-hybridized carbons (Fsp3) is 0.231. The van der Waals surface area contributed by atoms with Crippen LogP contribution < -0.4 is 10.6 Å². The third-order valence-electron chi connectivity index (χ3n) is 5.80. The predicted octanol–water partition coefficient (Wildman–Crippen LogP) is 4.95. The SMILES string of the molecule is C=C(/N=C1/C=C(OC2CCNCC2)C(c2nccs2)=C/C1=C/C)Nc1ccc(-c2ncn[nH]2)cc1. The van der Waals surface area contributed by atoms with Gasteiger partial charge in [-0.2, -0.15) is 5.10 Å². The van der Waals surface area contributed by atoms with Gasteiger partial charge >= 0.3 is 0 Å². The Morgan fingerprint density at radius 1 is 1.20 bits per heavy atom. The number of hydrogen-bond donors (Lipinski definition) is 3. The molecule has 0 bridgehead atoms. The monoisotopic (exact) mass is 485 g/mol. The second-order valence-corrected chi connectivity index (χ2v) is 9.09. The minimum Gasteiger partial charge on any atom is -0.490 e. The third kappa shape index (κ3) is 5.47. The largest absolute Gasteiger partial charge is 0.490 e. The van der Waals surface area contributed by atoms with E-state index in [1.54, 1.807) is 11.3 Å². The van der Waals surface area contributed by atoms with Gasteiger partial charge in [0.05, 0.1) is 11.3 Å². The third-order valence-corrected chi connectivity index (χ3v) is 6.61. The molecule has 3 N–H and O–H groups in total. The van der Waals surface area contributed by atoms with Gasteiger partial charge in [0.2, 0.25) is 0 Å². The summed E-state index contributed by atoms with van der Waals surface area (Å²) in [6.07, 6.45) is 11.6. The maximum Gasteiger partial charge on any atom is 0.155 e. The number of nitrogens with one attached hydrogen (secondary N) is 3. The second-order valence-electron chi connectivity index (χ2n) is 8.20. The van der Waals surface area contributed by atoms with Crippen molar-refractivity contribution >= 4 is 28.3 Å². The van der Waals surface area contributed by atoms with Crippen LogP contribution in [0.15, 0.2) is 89.1 Å². The van der Waals surface area contributed by atoms with Gasteiger partial charge in [0.1, 0.15) is 29.0 Å². The highest BCUT2D eigenvalue weighted by atomic mass is 32.1. The molecule has 8 nitrogen and oxygen atoms in total. The Balaban J connectivity index is 1.37. The number of aromatic amines is 1. The van der Waals surface area contributed by atoms with E-state index in [0.717, 1.165) is 70.6 Å². The summed E-state index contributed by atoms with van der Waals surface area (Å²) in [4.78, 5) is 13.5. The van der Waals surface area contributed by atoms with E-state index in [9.17, 15) is 0 Å². The number of H-pyrrole nitrogens is 1. The highest BCUT2D eigenvalue weighted by Crippen LogP contribution is 2.33.